The van der Waals surface area contributed by atoms with E-state index in [0.29, 0.717) is 0 Å². The third-order valence-corrected chi connectivity index (χ3v) is 2.57. The molecule has 68 valence electrons. The first-order valence-corrected chi connectivity index (χ1v) is 5.71. The van der Waals surface area contributed by atoms with Crippen molar-refractivity contribution in [2.45, 2.75) is 18.7 Å². The molecule has 0 fully saturated rings. The first-order chi connectivity index (χ1) is 5.74. The van der Waals surface area contributed by atoms with Gasteiger partial charge in [0.25, 0.3) is 0 Å². The molecular weight excluding hydrogens is 211 g/mol. The van der Waals surface area contributed by atoms with E-state index in [4.69, 9.17) is 23.2 Å². The van der Waals surface area contributed by atoms with Crippen molar-refractivity contribution in [3.05, 3.63) is 28.2 Å². The fraction of sp³-hybridized carbons (Fsp3) is 0.333. The average molecular weight is 223 g/mol. The molecule has 0 N–H and O–H groups in total. The van der Waals surface area contributed by atoms with Crippen molar-refractivity contribution in [3.63, 3.8) is 0 Å². The monoisotopic (exact) mass is 222 g/mol. The summed E-state index contributed by atoms with van der Waals surface area (Å²) in [6.45, 7) is 4.00. The fourth-order valence-electron chi connectivity index (χ4n) is 0.634. The number of hydrogen-bond donors (Lipinski definition) is 0. The van der Waals surface area contributed by atoms with Crippen LogP contribution in [0.5, 0.6) is 0 Å². The lowest BCUT2D eigenvalue weighted by atomic mass is 10.4. The molecule has 0 saturated carbocycles. The molecule has 0 atom stereocenters. The van der Waals surface area contributed by atoms with Crippen molar-refractivity contribution in [1.82, 2.24) is 0 Å². The molecule has 0 heterocycles. The van der Waals surface area contributed by atoms with Crippen molar-refractivity contribution in [3.8, 4) is 0 Å². The van der Waals surface area contributed by atoms with Crippen LogP contribution in [0.3, 0.4) is 0 Å². The van der Waals surface area contributed by atoms with Crippen LogP contribution in [0, 0.1) is 0 Å². The summed E-state index contributed by atoms with van der Waals surface area (Å²) in [7, 11) is 0. The zero-order valence-corrected chi connectivity index (χ0v) is 9.72. The van der Waals surface area contributed by atoms with Gasteiger partial charge in [-0.3, -0.25) is 0 Å². The van der Waals surface area contributed by atoms with Crippen LogP contribution in [-0.2, 0) is 0 Å². The molecule has 0 aliphatic carbocycles. The van der Waals surface area contributed by atoms with Gasteiger partial charge in [0.1, 0.15) is 0 Å². The van der Waals surface area contributed by atoms with Gasteiger partial charge in [0.2, 0.25) is 0 Å². The highest BCUT2D eigenvalue weighted by molar-refractivity contribution is 7.98. The van der Waals surface area contributed by atoms with E-state index in [9.17, 15) is 0 Å². The van der Waals surface area contributed by atoms with Crippen LogP contribution < -0.4 is 0 Å². The van der Waals surface area contributed by atoms with Gasteiger partial charge in [-0.25, -0.2) is 0 Å². The lowest BCUT2D eigenvalue weighted by Crippen LogP contribution is -1.71. The topological polar surface area (TPSA) is 0 Å². The number of benzene rings is 1. The van der Waals surface area contributed by atoms with Crippen molar-refractivity contribution >= 4 is 35.0 Å². The van der Waals surface area contributed by atoms with Gasteiger partial charge in [-0.05, 0) is 24.5 Å². The molecule has 1 aromatic carbocycles. The minimum absolute atomic E-state index is 0.730. The van der Waals surface area contributed by atoms with Gasteiger partial charge in [-0.15, -0.1) is 11.8 Å². The van der Waals surface area contributed by atoms with E-state index < -0.39 is 0 Å². The van der Waals surface area contributed by atoms with Crippen LogP contribution in [0.25, 0.3) is 0 Å². The van der Waals surface area contributed by atoms with Gasteiger partial charge in [0.15, 0.2) is 0 Å². The molecule has 1 rings (SSSR count). The van der Waals surface area contributed by atoms with Gasteiger partial charge >= 0.3 is 0 Å². The van der Waals surface area contributed by atoms with Crippen LogP contribution in [0.15, 0.2) is 23.1 Å². The summed E-state index contributed by atoms with van der Waals surface area (Å²) in [5, 5.41) is 1.49. The third kappa shape index (κ3) is 3.70. The highest BCUT2D eigenvalue weighted by Crippen LogP contribution is 2.27. The van der Waals surface area contributed by atoms with Crippen molar-refractivity contribution in [2.24, 2.45) is 0 Å². The largest absolute Gasteiger partial charge is 0.128 e. The second kappa shape index (κ2) is 6.64. The van der Waals surface area contributed by atoms with Crippen LogP contribution in [-0.4, -0.2) is 6.26 Å². The molecule has 0 spiro atoms. The smallest absolute Gasteiger partial charge is 0.0542 e. The molecule has 0 bridgehead atoms. The lowest BCUT2D eigenvalue weighted by molar-refractivity contribution is 1.47. The van der Waals surface area contributed by atoms with E-state index >= 15 is 0 Å². The summed E-state index contributed by atoms with van der Waals surface area (Å²) >= 11 is 13.1. The van der Waals surface area contributed by atoms with E-state index in [2.05, 4.69) is 0 Å². The molecule has 0 aromatic heterocycles. The van der Waals surface area contributed by atoms with Gasteiger partial charge < -0.3 is 0 Å². The fourth-order valence-corrected chi connectivity index (χ4v) is 1.73. The molecule has 0 aliphatic rings. The maximum Gasteiger partial charge on any atom is 0.0542 e. The molecule has 0 nitrogen and oxygen atoms in total. The Bertz CT molecular complexity index is 236. The second-order valence-corrected chi connectivity index (χ2v) is 3.47. The Morgan fingerprint density at radius 2 is 1.75 bits per heavy atom. The van der Waals surface area contributed by atoms with Crippen molar-refractivity contribution < 1.29 is 0 Å². The van der Waals surface area contributed by atoms with Gasteiger partial charge in [-0.2, -0.15) is 0 Å². The van der Waals surface area contributed by atoms with Crippen LogP contribution >= 0.6 is 35.0 Å². The number of rotatable bonds is 1. The van der Waals surface area contributed by atoms with Gasteiger partial charge in [0, 0.05) is 9.92 Å². The van der Waals surface area contributed by atoms with Crippen molar-refractivity contribution in [1.29, 1.82) is 0 Å². The quantitative estimate of drug-likeness (QED) is 0.619. The summed E-state index contributed by atoms with van der Waals surface area (Å²) < 4.78 is 0. The highest BCUT2D eigenvalue weighted by atomic mass is 35.5. The Kier molecular flexibility index (Phi) is 6.73. The zero-order chi connectivity index (χ0) is 9.56. The predicted molar refractivity (Wildman–Crippen MR) is 59.6 cm³/mol. The number of hydrogen-bond acceptors (Lipinski definition) is 1. The first-order valence-electron chi connectivity index (χ1n) is 3.73. The molecule has 0 aliphatic heterocycles. The van der Waals surface area contributed by atoms with E-state index in [1.54, 1.807) is 23.9 Å². The van der Waals surface area contributed by atoms with Crippen LogP contribution in [0.1, 0.15) is 13.8 Å². The second-order valence-electron chi connectivity index (χ2n) is 1.78. The van der Waals surface area contributed by atoms with Crippen LogP contribution in [0.4, 0.5) is 0 Å². The Balaban J connectivity index is 0.000000561. The Hall–Kier alpha value is 0.150. The van der Waals surface area contributed by atoms with E-state index in [0.717, 1.165) is 14.9 Å². The molecule has 0 amide bonds. The third-order valence-electron chi connectivity index (χ3n) is 1.11. The van der Waals surface area contributed by atoms with Crippen molar-refractivity contribution in [2.75, 3.05) is 6.26 Å². The Morgan fingerprint density at radius 3 is 2.17 bits per heavy atom. The molecule has 3 heteroatoms. The maximum absolute atomic E-state index is 5.82. The normalized spacial score (nSPS) is 8.75. The van der Waals surface area contributed by atoms with E-state index in [1.807, 2.05) is 26.2 Å². The lowest BCUT2D eigenvalue weighted by Gasteiger charge is -1.98. The molecule has 12 heavy (non-hydrogen) atoms. The minimum atomic E-state index is 0.730. The molecule has 1 aromatic rings. The zero-order valence-electron chi connectivity index (χ0n) is 7.40. The van der Waals surface area contributed by atoms with E-state index in [-0.39, 0.29) is 0 Å². The van der Waals surface area contributed by atoms with Gasteiger partial charge in [-0.1, -0.05) is 37.0 Å². The SMILES string of the molecule is CC.CSc1cc(Cl)ccc1Cl. The first kappa shape index (κ1) is 12.2. The molecule has 0 saturated heterocycles. The summed E-state index contributed by atoms with van der Waals surface area (Å²) in [4.78, 5) is 1.02. The molecular formula is C9H12Cl2S. The summed E-state index contributed by atoms with van der Waals surface area (Å²) in [6, 6.07) is 5.44. The molecule has 0 unspecified atom stereocenters. The maximum atomic E-state index is 5.82. The predicted octanol–water partition coefficient (Wildman–Crippen LogP) is 4.74. The highest BCUT2D eigenvalue weighted by Gasteiger charge is 1.97. The van der Waals surface area contributed by atoms with Gasteiger partial charge in [0.05, 0.1) is 5.02 Å². The number of thioether (sulfide) groups is 1. The Morgan fingerprint density at radius 1 is 1.17 bits per heavy atom. The minimum Gasteiger partial charge on any atom is -0.128 e. The number of halogens is 2. The molecule has 0 radical (unpaired) electrons. The Labute approximate surface area is 88.3 Å². The average Bonchev–Trinajstić information content (AvgIpc) is 2.13. The summed E-state index contributed by atoms with van der Waals surface area (Å²) in [5.74, 6) is 0. The summed E-state index contributed by atoms with van der Waals surface area (Å²) in [6.07, 6.45) is 1.97. The van der Waals surface area contributed by atoms with E-state index in [1.165, 1.54) is 0 Å². The standard InChI is InChI=1S/C7H6Cl2S.C2H6/c1-10-7-4-5(8)2-3-6(7)9;1-2/h2-4H,1H3;1-2H3. The van der Waals surface area contributed by atoms with Crippen LogP contribution in [0.2, 0.25) is 10.0 Å². The summed E-state index contributed by atoms with van der Waals surface area (Å²) in [5.41, 5.74) is 0.